The van der Waals surface area contributed by atoms with Crippen molar-refractivity contribution in [1.82, 2.24) is 0 Å². The van der Waals surface area contributed by atoms with Gasteiger partial charge in [0.25, 0.3) is 0 Å². The van der Waals surface area contributed by atoms with Crippen LogP contribution in [0.1, 0.15) is 57.4 Å². The lowest BCUT2D eigenvalue weighted by Crippen LogP contribution is -2.17. The molecule has 0 aliphatic heterocycles. The van der Waals surface area contributed by atoms with Crippen LogP contribution in [0.25, 0.3) is 0 Å². The van der Waals surface area contributed by atoms with Crippen molar-refractivity contribution in [2.45, 2.75) is 58.3 Å². The molecule has 0 spiro atoms. The summed E-state index contributed by atoms with van der Waals surface area (Å²) in [4.78, 5) is 0. The van der Waals surface area contributed by atoms with Gasteiger partial charge in [0.15, 0.2) is 0 Å². The van der Waals surface area contributed by atoms with E-state index in [0.29, 0.717) is 52.9 Å². The van der Waals surface area contributed by atoms with Gasteiger partial charge in [0.1, 0.15) is 12.4 Å². The molecular formula is C37H53O5P. The lowest BCUT2D eigenvalue weighted by molar-refractivity contribution is -0.00323. The Bertz CT molecular complexity index is 992. The van der Waals surface area contributed by atoms with Crippen molar-refractivity contribution in [3.63, 3.8) is 0 Å². The van der Waals surface area contributed by atoms with Crippen molar-refractivity contribution in [2.75, 3.05) is 65.6 Å². The Hall–Kier alpha value is -2.27. The van der Waals surface area contributed by atoms with Gasteiger partial charge in [0.05, 0.1) is 52.9 Å². The molecule has 3 rings (SSSR count). The number of aryl methyl sites for hydroxylation is 1. The molecule has 0 unspecified atom stereocenters. The summed E-state index contributed by atoms with van der Waals surface area (Å²) in [7, 11) is -0.415. The van der Waals surface area contributed by atoms with Crippen LogP contribution in [0, 0.1) is 0 Å². The average Bonchev–Trinajstić information content (AvgIpc) is 3.05. The normalized spacial score (nSPS) is 11.3. The van der Waals surface area contributed by atoms with E-state index in [9.17, 15) is 0 Å². The van der Waals surface area contributed by atoms with Crippen molar-refractivity contribution >= 4 is 18.5 Å². The SMILES string of the molecule is CCCCCCCCCc1ccc(OCCOCCOCCOCCOCCP(c2ccccc2)c2ccccc2)cc1. The third-order valence-electron chi connectivity index (χ3n) is 7.20. The zero-order valence-corrected chi connectivity index (χ0v) is 27.2. The van der Waals surface area contributed by atoms with E-state index in [1.807, 2.05) is 0 Å². The maximum Gasteiger partial charge on any atom is 0.119 e. The lowest BCUT2D eigenvalue weighted by Gasteiger charge is -2.18. The second-order valence-electron chi connectivity index (χ2n) is 10.6. The summed E-state index contributed by atoms with van der Waals surface area (Å²) in [6.45, 7) is 7.47. The first kappa shape index (κ1) is 35.2. The first-order chi connectivity index (χ1) is 21.4. The minimum absolute atomic E-state index is 0.415. The van der Waals surface area contributed by atoms with Gasteiger partial charge in [-0.3, -0.25) is 0 Å². The summed E-state index contributed by atoms with van der Waals surface area (Å²) in [5.41, 5.74) is 1.39. The standard InChI is InChI=1S/C37H53O5P/c1-2-3-4-5-6-7-10-15-34-20-22-35(23-21-34)42-31-30-40-27-26-38-24-25-39-28-29-41-32-33-43(36-16-11-8-12-17-36)37-18-13-9-14-19-37/h8-9,11-14,16-23H,2-7,10,15,24-33H2,1H3. The van der Waals surface area contributed by atoms with Gasteiger partial charge in [-0.15, -0.1) is 0 Å². The van der Waals surface area contributed by atoms with Gasteiger partial charge in [-0.05, 0) is 55.2 Å². The summed E-state index contributed by atoms with van der Waals surface area (Å²) in [6, 6.07) is 30.0. The highest BCUT2D eigenvalue weighted by Gasteiger charge is 2.13. The molecule has 236 valence electrons. The van der Waals surface area contributed by atoms with Gasteiger partial charge in [-0.25, -0.2) is 0 Å². The maximum atomic E-state index is 5.88. The van der Waals surface area contributed by atoms with E-state index in [-0.39, 0.29) is 0 Å². The first-order valence-corrected chi connectivity index (χ1v) is 17.8. The second-order valence-corrected chi connectivity index (χ2v) is 13.0. The number of benzene rings is 3. The summed E-state index contributed by atoms with van der Waals surface area (Å²) >= 11 is 0. The zero-order valence-electron chi connectivity index (χ0n) is 26.3. The molecule has 0 aliphatic rings. The molecule has 5 nitrogen and oxygen atoms in total. The smallest absolute Gasteiger partial charge is 0.119 e. The second kappa shape index (κ2) is 24.1. The molecule has 0 fully saturated rings. The molecule has 0 atom stereocenters. The number of rotatable bonds is 26. The molecular weight excluding hydrogens is 555 g/mol. The van der Waals surface area contributed by atoms with Crippen LogP contribution in [-0.4, -0.2) is 65.6 Å². The van der Waals surface area contributed by atoms with E-state index < -0.39 is 7.92 Å². The van der Waals surface area contributed by atoms with Gasteiger partial charge in [0, 0.05) is 0 Å². The monoisotopic (exact) mass is 608 g/mol. The Morgan fingerprint density at radius 2 is 0.930 bits per heavy atom. The highest BCUT2D eigenvalue weighted by molar-refractivity contribution is 7.73. The summed E-state index contributed by atoms with van der Waals surface area (Å²) in [5, 5.41) is 2.77. The number of unbranched alkanes of at least 4 members (excludes halogenated alkanes) is 6. The van der Waals surface area contributed by atoms with E-state index in [1.54, 1.807) is 0 Å². The number of ether oxygens (including phenoxy) is 5. The van der Waals surface area contributed by atoms with Gasteiger partial charge in [-0.2, -0.15) is 0 Å². The van der Waals surface area contributed by atoms with Crippen LogP contribution in [-0.2, 0) is 25.4 Å². The molecule has 0 saturated heterocycles. The van der Waals surface area contributed by atoms with Gasteiger partial charge < -0.3 is 23.7 Å². The van der Waals surface area contributed by atoms with Gasteiger partial charge in [0.2, 0.25) is 0 Å². The van der Waals surface area contributed by atoms with Crippen molar-refractivity contribution in [2.24, 2.45) is 0 Å². The zero-order chi connectivity index (χ0) is 30.0. The predicted octanol–water partition coefficient (Wildman–Crippen LogP) is 7.56. The molecule has 0 saturated carbocycles. The number of hydrogen-bond acceptors (Lipinski definition) is 5. The Morgan fingerprint density at radius 1 is 0.465 bits per heavy atom. The molecule has 0 N–H and O–H groups in total. The lowest BCUT2D eigenvalue weighted by atomic mass is 10.0. The van der Waals surface area contributed by atoms with Crippen LogP contribution < -0.4 is 15.3 Å². The van der Waals surface area contributed by atoms with Crippen molar-refractivity contribution in [3.8, 4) is 5.75 Å². The quantitative estimate of drug-likeness (QED) is 0.0696. The fourth-order valence-electron chi connectivity index (χ4n) is 4.80. The number of hydrogen-bond donors (Lipinski definition) is 0. The molecule has 0 aromatic heterocycles. The van der Waals surface area contributed by atoms with Gasteiger partial charge >= 0.3 is 0 Å². The Labute approximate surface area is 262 Å². The predicted molar refractivity (Wildman–Crippen MR) is 181 cm³/mol. The Kier molecular flexibility index (Phi) is 19.7. The van der Waals surface area contributed by atoms with E-state index in [0.717, 1.165) is 24.9 Å². The molecule has 0 amide bonds. The minimum atomic E-state index is -0.415. The molecule has 0 radical (unpaired) electrons. The van der Waals surface area contributed by atoms with E-state index >= 15 is 0 Å². The van der Waals surface area contributed by atoms with Crippen LogP contribution in [0.5, 0.6) is 5.75 Å². The summed E-state index contributed by atoms with van der Waals surface area (Å²) in [6.07, 6.45) is 11.6. The van der Waals surface area contributed by atoms with E-state index in [2.05, 4.69) is 91.9 Å². The van der Waals surface area contributed by atoms with Crippen molar-refractivity contribution < 1.29 is 23.7 Å². The average molecular weight is 609 g/mol. The molecule has 3 aromatic rings. The van der Waals surface area contributed by atoms with E-state index in [1.165, 1.54) is 61.1 Å². The molecule has 0 aliphatic carbocycles. The molecule has 0 heterocycles. The summed E-state index contributed by atoms with van der Waals surface area (Å²) < 4.78 is 28.6. The highest BCUT2D eigenvalue weighted by Crippen LogP contribution is 2.32. The van der Waals surface area contributed by atoms with Gasteiger partial charge in [-0.1, -0.05) is 118 Å². The molecule has 3 aromatic carbocycles. The first-order valence-electron chi connectivity index (χ1n) is 16.3. The fraction of sp³-hybridized carbons (Fsp3) is 0.514. The van der Waals surface area contributed by atoms with E-state index in [4.69, 9.17) is 23.7 Å². The van der Waals surface area contributed by atoms with Crippen LogP contribution >= 0.6 is 7.92 Å². The van der Waals surface area contributed by atoms with Crippen molar-refractivity contribution in [1.29, 1.82) is 0 Å². The molecule has 0 bridgehead atoms. The van der Waals surface area contributed by atoms with Crippen LogP contribution in [0.4, 0.5) is 0 Å². The minimum Gasteiger partial charge on any atom is -0.491 e. The topological polar surface area (TPSA) is 46.2 Å². The fourth-order valence-corrected chi connectivity index (χ4v) is 6.99. The largest absolute Gasteiger partial charge is 0.491 e. The third-order valence-corrected chi connectivity index (χ3v) is 9.67. The Balaban J connectivity index is 1.09. The van der Waals surface area contributed by atoms with Crippen LogP contribution in [0.15, 0.2) is 84.9 Å². The highest BCUT2D eigenvalue weighted by atomic mass is 31.1. The Morgan fingerprint density at radius 3 is 1.47 bits per heavy atom. The third kappa shape index (κ3) is 16.4. The summed E-state index contributed by atoms with van der Waals surface area (Å²) in [5.74, 6) is 0.900. The molecule has 43 heavy (non-hydrogen) atoms. The van der Waals surface area contributed by atoms with Crippen LogP contribution in [0.3, 0.4) is 0 Å². The maximum absolute atomic E-state index is 5.88. The van der Waals surface area contributed by atoms with Crippen molar-refractivity contribution in [3.05, 3.63) is 90.5 Å². The molecule has 6 heteroatoms. The van der Waals surface area contributed by atoms with Crippen LogP contribution in [0.2, 0.25) is 0 Å².